The number of furan rings is 1. The minimum absolute atomic E-state index is 0.0222. The quantitative estimate of drug-likeness (QED) is 0.291. The summed E-state index contributed by atoms with van der Waals surface area (Å²) >= 11 is 0. The Morgan fingerprint density at radius 2 is 2.03 bits per heavy atom. The van der Waals surface area contributed by atoms with Gasteiger partial charge in [0.05, 0.1) is 18.4 Å². The van der Waals surface area contributed by atoms with Crippen LogP contribution in [0.25, 0.3) is 5.76 Å². The number of likely N-dealkylation sites (tertiary alicyclic amines) is 1. The number of aliphatic hydroxyl groups is 1. The molecule has 7 heteroatoms. The van der Waals surface area contributed by atoms with Crippen molar-refractivity contribution >= 4 is 17.4 Å². The van der Waals surface area contributed by atoms with Crippen LogP contribution in [0.5, 0.6) is 5.75 Å². The molecule has 1 fully saturated rings. The number of hydrogen-bond donors (Lipinski definition) is 1. The Bertz CT molecular complexity index is 931. The Balaban J connectivity index is 2.02. The van der Waals surface area contributed by atoms with E-state index in [0.29, 0.717) is 37.5 Å². The molecule has 1 aliphatic heterocycles. The maximum Gasteiger partial charge on any atom is 0.295 e. The monoisotopic (exact) mass is 413 g/mol. The molecule has 160 valence electrons. The third-order valence-corrected chi connectivity index (χ3v) is 5.01. The van der Waals surface area contributed by atoms with E-state index in [1.165, 1.54) is 11.2 Å². The van der Waals surface area contributed by atoms with Crippen molar-refractivity contribution in [1.29, 1.82) is 0 Å². The molecule has 1 amide bonds. The summed E-state index contributed by atoms with van der Waals surface area (Å²) in [4.78, 5) is 27.0. The van der Waals surface area contributed by atoms with Crippen molar-refractivity contribution in [2.24, 2.45) is 0 Å². The first-order valence-corrected chi connectivity index (χ1v) is 10.0. The second-order valence-electron chi connectivity index (χ2n) is 7.18. The molecule has 1 aromatic heterocycles. The van der Waals surface area contributed by atoms with E-state index in [1.54, 1.807) is 37.4 Å². The van der Waals surface area contributed by atoms with E-state index >= 15 is 0 Å². The van der Waals surface area contributed by atoms with Crippen molar-refractivity contribution in [1.82, 2.24) is 4.90 Å². The lowest BCUT2D eigenvalue weighted by atomic mass is 9.98. The van der Waals surface area contributed by atoms with Crippen LogP contribution in [0.4, 0.5) is 0 Å². The average molecular weight is 413 g/mol. The van der Waals surface area contributed by atoms with Crippen LogP contribution in [-0.4, -0.2) is 48.6 Å². The van der Waals surface area contributed by atoms with E-state index < -0.39 is 17.7 Å². The molecular formula is C23H27NO6. The van der Waals surface area contributed by atoms with Crippen LogP contribution in [0.15, 0.2) is 46.6 Å². The van der Waals surface area contributed by atoms with E-state index in [2.05, 4.69) is 0 Å². The van der Waals surface area contributed by atoms with Gasteiger partial charge in [-0.2, -0.15) is 0 Å². The van der Waals surface area contributed by atoms with Crippen molar-refractivity contribution in [2.45, 2.75) is 32.7 Å². The molecule has 3 rings (SSSR count). The summed E-state index contributed by atoms with van der Waals surface area (Å²) in [5.41, 5.74) is 1.30. The van der Waals surface area contributed by atoms with E-state index in [-0.39, 0.29) is 11.3 Å². The summed E-state index contributed by atoms with van der Waals surface area (Å²) in [5, 5.41) is 11.0. The van der Waals surface area contributed by atoms with Gasteiger partial charge in [-0.1, -0.05) is 6.92 Å². The van der Waals surface area contributed by atoms with Crippen molar-refractivity contribution < 1.29 is 28.6 Å². The van der Waals surface area contributed by atoms with Crippen LogP contribution in [0, 0.1) is 6.92 Å². The summed E-state index contributed by atoms with van der Waals surface area (Å²) in [6.45, 7) is 5.25. The predicted molar refractivity (Wildman–Crippen MR) is 111 cm³/mol. The fourth-order valence-corrected chi connectivity index (χ4v) is 3.56. The van der Waals surface area contributed by atoms with Gasteiger partial charge in [-0.3, -0.25) is 9.59 Å². The second kappa shape index (κ2) is 9.63. The average Bonchev–Trinajstić information content (AvgIpc) is 3.35. The number of ether oxygens (including phenoxy) is 2. The number of aliphatic hydroxyl groups excluding tert-OH is 1. The normalized spacial score (nSPS) is 18.2. The van der Waals surface area contributed by atoms with Crippen molar-refractivity contribution in [2.75, 3.05) is 26.9 Å². The number of hydrogen-bond acceptors (Lipinski definition) is 6. The fraction of sp³-hybridized carbons (Fsp3) is 0.391. The second-order valence-corrected chi connectivity index (χ2v) is 7.18. The van der Waals surface area contributed by atoms with Crippen molar-refractivity contribution in [3.63, 3.8) is 0 Å². The van der Waals surface area contributed by atoms with Crippen LogP contribution in [0.1, 0.15) is 42.7 Å². The molecule has 30 heavy (non-hydrogen) atoms. The van der Waals surface area contributed by atoms with E-state index in [0.717, 1.165) is 17.7 Å². The Labute approximate surface area is 175 Å². The van der Waals surface area contributed by atoms with Crippen molar-refractivity contribution in [3.05, 3.63) is 59.1 Å². The summed E-state index contributed by atoms with van der Waals surface area (Å²) in [5.74, 6) is -0.470. The number of benzene rings is 1. The Hall–Kier alpha value is -3.06. The first-order chi connectivity index (χ1) is 14.5. The molecule has 0 saturated carbocycles. The van der Waals surface area contributed by atoms with Gasteiger partial charge in [0.15, 0.2) is 0 Å². The van der Waals surface area contributed by atoms with Gasteiger partial charge in [0.2, 0.25) is 0 Å². The standard InChI is InChI=1S/C23H27NO6/c1-4-11-29-17-9-8-16(14-15(17)2)21(25)19-20(18-7-5-13-30-18)24(10-6-12-28-3)23(27)22(19)26/h5,7-9,13-14,20,25H,4,6,10-12H2,1-3H3/b21-19-. The molecule has 1 unspecified atom stereocenters. The van der Waals surface area contributed by atoms with Crippen LogP contribution >= 0.6 is 0 Å². The van der Waals surface area contributed by atoms with E-state index in [1.807, 2.05) is 13.8 Å². The minimum Gasteiger partial charge on any atom is -0.507 e. The number of amides is 1. The zero-order valence-electron chi connectivity index (χ0n) is 17.5. The number of ketones is 1. The SMILES string of the molecule is CCCOc1ccc(/C(O)=C2/C(=O)C(=O)N(CCCOC)C2c2ccco2)cc1C. The van der Waals surface area contributed by atoms with Gasteiger partial charge >= 0.3 is 0 Å². The Kier molecular flexibility index (Phi) is 6.95. The van der Waals surface area contributed by atoms with Crippen LogP contribution < -0.4 is 4.74 Å². The number of rotatable bonds is 9. The summed E-state index contributed by atoms with van der Waals surface area (Å²) in [6.07, 6.45) is 2.93. The number of methoxy groups -OCH3 is 1. The molecule has 0 spiro atoms. The summed E-state index contributed by atoms with van der Waals surface area (Å²) < 4.78 is 16.3. The highest BCUT2D eigenvalue weighted by molar-refractivity contribution is 6.46. The van der Waals surface area contributed by atoms with E-state index in [9.17, 15) is 14.7 Å². The summed E-state index contributed by atoms with van der Waals surface area (Å²) in [7, 11) is 1.58. The molecule has 1 saturated heterocycles. The third-order valence-electron chi connectivity index (χ3n) is 5.01. The lowest BCUT2D eigenvalue weighted by Crippen LogP contribution is -2.31. The molecule has 2 heterocycles. The highest BCUT2D eigenvalue weighted by Crippen LogP contribution is 2.40. The molecule has 7 nitrogen and oxygen atoms in total. The lowest BCUT2D eigenvalue weighted by Gasteiger charge is -2.23. The topological polar surface area (TPSA) is 89.2 Å². The van der Waals surface area contributed by atoms with Crippen molar-refractivity contribution in [3.8, 4) is 5.75 Å². The Morgan fingerprint density at radius 1 is 1.23 bits per heavy atom. The van der Waals surface area contributed by atoms with Gasteiger partial charge in [0.25, 0.3) is 11.7 Å². The largest absolute Gasteiger partial charge is 0.507 e. The van der Waals surface area contributed by atoms with Gasteiger partial charge in [-0.15, -0.1) is 0 Å². The zero-order valence-corrected chi connectivity index (χ0v) is 17.5. The highest BCUT2D eigenvalue weighted by Gasteiger charge is 2.47. The van der Waals surface area contributed by atoms with E-state index in [4.69, 9.17) is 13.9 Å². The number of Topliss-reactive ketones (excluding diaryl/α,β-unsaturated/α-hetero) is 1. The van der Waals surface area contributed by atoms with Gasteiger partial charge < -0.3 is 23.9 Å². The van der Waals surface area contributed by atoms with Crippen LogP contribution in [0.2, 0.25) is 0 Å². The zero-order chi connectivity index (χ0) is 21.7. The molecule has 2 aromatic rings. The highest BCUT2D eigenvalue weighted by atomic mass is 16.5. The number of carbonyl (C=O) groups is 2. The van der Waals surface area contributed by atoms with Gasteiger partial charge in [0, 0.05) is 25.8 Å². The maximum atomic E-state index is 12.9. The molecular weight excluding hydrogens is 386 g/mol. The molecule has 1 aliphatic rings. The molecule has 1 atom stereocenters. The first-order valence-electron chi connectivity index (χ1n) is 10.0. The molecule has 0 bridgehead atoms. The van der Waals surface area contributed by atoms with Crippen LogP contribution in [-0.2, 0) is 14.3 Å². The number of aryl methyl sites for hydroxylation is 1. The molecule has 1 N–H and O–H groups in total. The Morgan fingerprint density at radius 3 is 2.67 bits per heavy atom. The van der Waals surface area contributed by atoms with Gasteiger partial charge in [0.1, 0.15) is 23.3 Å². The molecule has 0 radical (unpaired) electrons. The number of nitrogens with zero attached hydrogens (tertiary/aromatic N) is 1. The minimum atomic E-state index is -0.784. The fourth-order valence-electron chi connectivity index (χ4n) is 3.56. The molecule has 1 aromatic carbocycles. The maximum absolute atomic E-state index is 12.9. The molecule has 0 aliphatic carbocycles. The van der Waals surface area contributed by atoms with Gasteiger partial charge in [-0.05, 0) is 55.7 Å². The third kappa shape index (κ3) is 4.26. The van der Waals surface area contributed by atoms with Gasteiger partial charge in [-0.25, -0.2) is 0 Å². The summed E-state index contributed by atoms with van der Waals surface area (Å²) in [6, 6.07) is 7.79. The predicted octanol–water partition coefficient (Wildman–Crippen LogP) is 3.84. The number of carbonyl (C=O) groups excluding carboxylic acids is 2. The van der Waals surface area contributed by atoms with Crippen LogP contribution in [0.3, 0.4) is 0 Å². The smallest absolute Gasteiger partial charge is 0.295 e. The first kappa shape index (κ1) is 21.6. The lowest BCUT2D eigenvalue weighted by molar-refractivity contribution is -0.140.